The number of nitrogens with two attached hydrogens (primary N) is 1. The second-order valence-corrected chi connectivity index (χ2v) is 7.89. The second-order valence-electron chi connectivity index (χ2n) is 5.59. The molecule has 0 radical (unpaired) electrons. The predicted octanol–water partition coefficient (Wildman–Crippen LogP) is -1.04. The first-order chi connectivity index (χ1) is 8.96. The zero-order chi connectivity index (χ0) is 13.9. The summed E-state index contributed by atoms with van der Waals surface area (Å²) in [6, 6.07) is 0.530. The smallest absolute Gasteiger partial charge is 0.218 e. The fourth-order valence-corrected chi connectivity index (χ4v) is 4.20. The Morgan fingerprint density at radius 2 is 2.11 bits per heavy atom. The van der Waals surface area contributed by atoms with Crippen LogP contribution in [-0.2, 0) is 14.6 Å². The molecule has 3 N–H and O–H groups in total. The van der Waals surface area contributed by atoms with Gasteiger partial charge in [-0.25, -0.2) is 8.42 Å². The van der Waals surface area contributed by atoms with Crippen molar-refractivity contribution in [3.63, 3.8) is 0 Å². The molecule has 6 nitrogen and oxygen atoms in total. The number of amides is 1. The van der Waals surface area contributed by atoms with Crippen LogP contribution in [-0.4, -0.2) is 63.0 Å². The van der Waals surface area contributed by atoms with Gasteiger partial charge in [0.15, 0.2) is 9.84 Å². The first-order valence-electron chi connectivity index (χ1n) is 6.91. The Balaban J connectivity index is 1.75. The van der Waals surface area contributed by atoms with Gasteiger partial charge in [-0.05, 0) is 25.3 Å². The number of rotatable bonds is 6. The van der Waals surface area contributed by atoms with Crippen LogP contribution in [0.4, 0.5) is 0 Å². The molecular formula is C12H23N3O3S. The second kappa shape index (κ2) is 6.19. The number of sulfone groups is 1. The molecule has 0 aliphatic carbocycles. The highest BCUT2D eigenvalue weighted by Crippen LogP contribution is 2.24. The van der Waals surface area contributed by atoms with Gasteiger partial charge in [-0.2, -0.15) is 0 Å². The fraction of sp³-hybridized carbons (Fsp3) is 0.917. The Hall–Kier alpha value is -0.660. The molecule has 1 amide bonds. The molecule has 19 heavy (non-hydrogen) atoms. The highest BCUT2D eigenvalue weighted by molar-refractivity contribution is 7.91. The van der Waals surface area contributed by atoms with Gasteiger partial charge in [0.25, 0.3) is 0 Å². The Kier molecular flexibility index (Phi) is 4.81. The predicted molar refractivity (Wildman–Crippen MR) is 73.4 cm³/mol. The number of likely N-dealkylation sites (tertiary alicyclic amines) is 1. The van der Waals surface area contributed by atoms with Gasteiger partial charge in [-0.3, -0.25) is 4.79 Å². The van der Waals surface area contributed by atoms with Crippen molar-refractivity contribution in [2.24, 2.45) is 11.7 Å². The average molecular weight is 289 g/mol. The van der Waals surface area contributed by atoms with E-state index >= 15 is 0 Å². The summed E-state index contributed by atoms with van der Waals surface area (Å²) in [6.07, 6.45) is 2.38. The standard InChI is InChI=1S/C12H23N3O3S/c13-12(16)3-6-19(17,18)7-5-15-8-10-2-1-4-14-11(10)9-15/h10-11,14H,1-9H2,(H2,13,16). The lowest BCUT2D eigenvalue weighted by Gasteiger charge is -2.24. The Morgan fingerprint density at radius 1 is 1.32 bits per heavy atom. The lowest BCUT2D eigenvalue weighted by atomic mass is 9.94. The van der Waals surface area contributed by atoms with Crippen LogP contribution < -0.4 is 11.1 Å². The van der Waals surface area contributed by atoms with E-state index in [1.54, 1.807) is 0 Å². The molecule has 0 aromatic carbocycles. The zero-order valence-electron chi connectivity index (χ0n) is 11.2. The summed E-state index contributed by atoms with van der Waals surface area (Å²) in [5.41, 5.74) is 4.98. The minimum Gasteiger partial charge on any atom is -0.370 e. The molecule has 2 aliphatic rings. The number of nitrogens with zero attached hydrogens (tertiary/aromatic N) is 1. The van der Waals surface area contributed by atoms with E-state index in [9.17, 15) is 13.2 Å². The minimum absolute atomic E-state index is 0.0743. The molecule has 0 aromatic rings. The minimum atomic E-state index is -3.16. The lowest BCUT2D eigenvalue weighted by molar-refractivity contribution is -0.117. The van der Waals surface area contributed by atoms with Crippen molar-refractivity contribution in [2.45, 2.75) is 25.3 Å². The molecule has 0 saturated carbocycles. The molecule has 2 rings (SSSR count). The lowest BCUT2D eigenvalue weighted by Crippen LogP contribution is -2.40. The molecule has 7 heteroatoms. The molecule has 2 aliphatic heterocycles. The summed E-state index contributed by atoms with van der Waals surface area (Å²) in [4.78, 5) is 12.8. The number of piperidine rings is 1. The van der Waals surface area contributed by atoms with E-state index in [-0.39, 0.29) is 17.9 Å². The number of fused-ring (bicyclic) bond motifs is 1. The average Bonchev–Trinajstić information content (AvgIpc) is 2.77. The van der Waals surface area contributed by atoms with E-state index in [1.165, 1.54) is 12.8 Å². The van der Waals surface area contributed by atoms with E-state index < -0.39 is 15.7 Å². The summed E-state index contributed by atoms with van der Waals surface area (Å²) in [5, 5.41) is 3.50. The molecule has 2 unspecified atom stereocenters. The van der Waals surface area contributed by atoms with Gasteiger partial charge in [0.2, 0.25) is 5.91 Å². The van der Waals surface area contributed by atoms with Crippen molar-refractivity contribution in [1.29, 1.82) is 0 Å². The summed E-state index contributed by atoms with van der Waals surface area (Å²) in [7, 11) is -3.16. The van der Waals surface area contributed by atoms with E-state index in [1.807, 2.05) is 0 Å². The van der Waals surface area contributed by atoms with E-state index in [0.717, 1.165) is 19.6 Å². The number of hydrogen-bond donors (Lipinski definition) is 2. The third kappa shape index (κ3) is 4.43. The molecule has 2 atom stereocenters. The summed E-state index contributed by atoms with van der Waals surface area (Å²) >= 11 is 0. The van der Waals surface area contributed by atoms with E-state index in [2.05, 4.69) is 10.2 Å². The molecule has 0 spiro atoms. The van der Waals surface area contributed by atoms with Crippen molar-refractivity contribution in [2.75, 3.05) is 37.7 Å². The summed E-state index contributed by atoms with van der Waals surface area (Å²) in [5.74, 6) is 0.114. The number of nitrogens with one attached hydrogen (secondary N) is 1. The highest BCUT2D eigenvalue weighted by Gasteiger charge is 2.34. The Labute approximate surface area is 114 Å². The number of hydrogen-bond acceptors (Lipinski definition) is 5. The Bertz CT molecular complexity index is 410. The summed E-state index contributed by atoms with van der Waals surface area (Å²) in [6.45, 7) is 3.57. The van der Waals surface area contributed by atoms with Crippen LogP contribution >= 0.6 is 0 Å². The van der Waals surface area contributed by atoms with Gasteiger partial charge in [-0.15, -0.1) is 0 Å². The van der Waals surface area contributed by atoms with Crippen LogP contribution in [0.25, 0.3) is 0 Å². The molecule has 110 valence electrons. The van der Waals surface area contributed by atoms with Crippen molar-refractivity contribution in [3.8, 4) is 0 Å². The van der Waals surface area contributed by atoms with Gasteiger partial charge in [0.1, 0.15) is 0 Å². The number of carbonyl (C=O) groups excluding carboxylic acids is 1. The highest BCUT2D eigenvalue weighted by atomic mass is 32.2. The molecule has 2 saturated heterocycles. The topological polar surface area (TPSA) is 92.5 Å². The van der Waals surface area contributed by atoms with Crippen LogP contribution in [0.5, 0.6) is 0 Å². The van der Waals surface area contributed by atoms with Crippen LogP contribution in [0, 0.1) is 5.92 Å². The van der Waals surface area contributed by atoms with Crippen molar-refractivity contribution < 1.29 is 13.2 Å². The van der Waals surface area contributed by atoms with Crippen molar-refractivity contribution >= 4 is 15.7 Å². The molecular weight excluding hydrogens is 266 g/mol. The van der Waals surface area contributed by atoms with E-state index in [4.69, 9.17) is 5.73 Å². The maximum atomic E-state index is 11.8. The first kappa shape index (κ1) is 14.7. The molecule has 2 fully saturated rings. The maximum absolute atomic E-state index is 11.8. The van der Waals surface area contributed by atoms with Crippen LogP contribution in [0.2, 0.25) is 0 Å². The van der Waals surface area contributed by atoms with Gasteiger partial charge >= 0.3 is 0 Å². The molecule has 0 bridgehead atoms. The number of carbonyl (C=O) groups is 1. The molecule has 0 aromatic heterocycles. The number of primary amides is 1. The fourth-order valence-electron chi connectivity index (χ4n) is 2.94. The van der Waals surface area contributed by atoms with Gasteiger partial charge < -0.3 is 16.0 Å². The maximum Gasteiger partial charge on any atom is 0.218 e. The normalized spacial score (nSPS) is 28.2. The largest absolute Gasteiger partial charge is 0.370 e. The molecule has 2 heterocycles. The Morgan fingerprint density at radius 3 is 2.79 bits per heavy atom. The zero-order valence-corrected chi connectivity index (χ0v) is 12.0. The summed E-state index contributed by atoms with van der Waals surface area (Å²) < 4.78 is 23.5. The van der Waals surface area contributed by atoms with Crippen LogP contribution in [0.1, 0.15) is 19.3 Å². The van der Waals surface area contributed by atoms with E-state index in [0.29, 0.717) is 18.5 Å². The third-order valence-electron chi connectivity index (χ3n) is 4.05. The first-order valence-corrected chi connectivity index (χ1v) is 8.73. The third-order valence-corrected chi connectivity index (χ3v) is 5.68. The van der Waals surface area contributed by atoms with Gasteiger partial charge in [0, 0.05) is 32.1 Å². The monoisotopic (exact) mass is 289 g/mol. The van der Waals surface area contributed by atoms with Gasteiger partial charge in [0.05, 0.1) is 11.5 Å². The van der Waals surface area contributed by atoms with Crippen molar-refractivity contribution in [3.05, 3.63) is 0 Å². The van der Waals surface area contributed by atoms with Crippen LogP contribution in [0.15, 0.2) is 0 Å². The van der Waals surface area contributed by atoms with Gasteiger partial charge in [-0.1, -0.05) is 0 Å². The van der Waals surface area contributed by atoms with Crippen LogP contribution in [0.3, 0.4) is 0 Å². The van der Waals surface area contributed by atoms with Crippen molar-refractivity contribution in [1.82, 2.24) is 10.2 Å². The quantitative estimate of drug-likeness (QED) is 0.651. The SMILES string of the molecule is NC(=O)CCS(=O)(=O)CCN1CC2CCCNC2C1.